The third kappa shape index (κ3) is 2.44. The summed E-state index contributed by atoms with van der Waals surface area (Å²) < 4.78 is 53.1. The number of H-pyrrole nitrogens is 1. The molecule has 0 aliphatic rings. The van der Waals surface area contributed by atoms with Crippen molar-refractivity contribution < 1.29 is 17.2 Å². The average Bonchev–Trinajstić information content (AvgIpc) is 2.65. The van der Waals surface area contributed by atoms with Gasteiger partial charge in [0.15, 0.2) is 0 Å². The Labute approximate surface area is 114 Å². The molecule has 0 fully saturated rings. The molecule has 4 N–H and O–H groups in total. The van der Waals surface area contributed by atoms with Crippen molar-refractivity contribution in [2.45, 2.75) is 18.7 Å². The average molecular weight is 302 g/mol. The molecule has 1 aromatic carbocycles. The Kier molecular flexibility index (Phi) is 3.38. The zero-order valence-electron chi connectivity index (χ0n) is 10.7. The highest BCUT2D eigenvalue weighted by Crippen LogP contribution is 2.25. The van der Waals surface area contributed by atoms with Crippen LogP contribution in [0.2, 0.25) is 0 Å². The van der Waals surface area contributed by atoms with E-state index in [1.807, 2.05) is 0 Å². The van der Waals surface area contributed by atoms with Crippen LogP contribution in [0.4, 0.5) is 20.2 Å². The summed E-state index contributed by atoms with van der Waals surface area (Å²) >= 11 is 0. The Morgan fingerprint density at radius 2 is 1.90 bits per heavy atom. The van der Waals surface area contributed by atoms with Crippen LogP contribution in [0.15, 0.2) is 17.0 Å². The molecule has 1 heterocycles. The number of anilines is 2. The molecule has 2 aromatic rings. The molecule has 1 aromatic heterocycles. The number of aromatic amines is 1. The van der Waals surface area contributed by atoms with Crippen molar-refractivity contribution in [2.75, 3.05) is 10.5 Å². The zero-order chi connectivity index (χ0) is 15.1. The number of rotatable bonds is 3. The first kappa shape index (κ1) is 14.3. The van der Waals surface area contributed by atoms with Crippen LogP contribution in [-0.2, 0) is 10.0 Å². The summed E-state index contributed by atoms with van der Waals surface area (Å²) in [4.78, 5) is -0.726. The van der Waals surface area contributed by atoms with Gasteiger partial charge in [-0.3, -0.25) is 9.82 Å². The number of sulfonamides is 1. The summed E-state index contributed by atoms with van der Waals surface area (Å²) in [5.74, 6) is -2.24. The number of nitrogens with zero attached hydrogens (tertiary/aromatic N) is 1. The smallest absolute Gasteiger partial charge is 0.265 e. The molecule has 0 bridgehead atoms. The second kappa shape index (κ2) is 4.75. The predicted molar refractivity (Wildman–Crippen MR) is 69.6 cm³/mol. The second-order valence-corrected chi connectivity index (χ2v) is 5.87. The van der Waals surface area contributed by atoms with E-state index in [0.717, 1.165) is 6.07 Å². The minimum atomic E-state index is -4.23. The number of hydrogen-bond donors (Lipinski definition) is 3. The van der Waals surface area contributed by atoms with Crippen molar-refractivity contribution in [3.05, 3.63) is 35.2 Å². The van der Waals surface area contributed by atoms with E-state index in [1.165, 1.54) is 0 Å². The molecule has 0 saturated heterocycles. The van der Waals surface area contributed by atoms with E-state index in [-0.39, 0.29) is 5.69 Å². The van der Waals surface area contributed by atoms with Gasteiger partial charge in [-0.05, 0) is 19.9 Å². The van der Waals surface area contributed by atoms with Gasteiger partial charge in [0.25, 0.3) is 10.0 Å². The van der Waals surface area contributed by atoms with Crippen LogP contribution in [0.25, 0.3) is 0 Å². The number of nitrogens with two attached hydrogens (primary N) is 1. The number of nitrogen functional groups attached to an aromatic ring is 1. The van der Waals surface area contributed by atoms with Gasteiger partial charge in [-0.1, -0.05) is 0 Å². The van der Waals surface area contributed by atoms with E-state index >= 15 is 0 Å². The van der Waals surface area contributed by atoms with Gasteiger partial charge in [0.2, 0.25) is 0 Å². The van der Waals surface area contributed by atoms with Crippen LogP contribution < -0.4 is 10.5 Å². The van der Waals surface area contributed by atoms with Gasteiger partial charge in [0.05, 0.1) is 22.8 Å². The third-order valence-electron chi connectivity index (χ3n) is 2.71. The molecule has 0 saturated carbocycles. The zero-order valence-corrected chi connectivity index (χ0v) is 11.5. The summed E-state index contributed by atoms with van der Waals surface area (Å²) in [6.07, 6.45) is 0. The molecule has 2 rings (SSSR count). The fourth-order valence-electron chi connectivity index (χ4n) is 1.64. The largest absolute Gasteiger partial charge is 0.396 e. The molecule has 0 unspecified atom stereocenters. The fourth-order valence-corrected chi connectivity index (χ4v) is 2.92. The lowest BCUT2D eigenvalue weighted by Crippen LogP contribution is -2.16. The third-order valence-corrected chi connectivity index (χ3v) is 4.07. The monoisotopic (exact) mass is 302 g/mol. The molecule has 0 radical (unpaired) electrons. The van der Waals surface area contributed by atoms with E-state index < -0.39 is 32.2 Å². The predicted octanol–water partition coefficient (Wildman–Crippen LogP) is 1.69. The number of hydrogen-bond acceptors (Lipinski definition) is 4. The Morgan fingerprint density at radius 1 is 1.25 bits per heavy atom. The summed E-state index contributed by atoms with van der Waals surface area (Å²) in [6, 6.07) is 1.16. The van der Waals surface area contributed by atoms with E-state index in [1.54, 1.807) is 13.8 Å². The molecule has 6 nitrogen and oxygen atoms in total. The van der Waals surface area contributed by atoms with E-state index in [9.17, 15) is 17.2 Å². The lowest BCUT2D eigenvalue weighted by molar-refractivity contribution is 0.553. The molecular formula is C11H12F2N4O2S. The first-order valence-electron chi connectivity index (χ1n) is 5.51. The van der Waals surface area contributed by atoms with Crippen LogP contribution in [0.1, 0.15) is 11.4 Å². The second-order valence-electron chi connectivity index (χ2n) is 4.22. The summed E-state index contributed by atoms with van der Waals surface area (Å²) in [6.45, 7) is 3.18. The number of benzene rings is 1. The standard InChI is InChI=1S/C11H12F2N4O2S/c1-5-11(6(2)16-15-5)17-20(18,19)10-4-9(14)7(12)3-8(10)13/h3-4,17H,14H2,1-2H3,(H,15,16). The normalized spacial score (nSPS) is 11.6. The number of nitrogens with one attached hydrogen (secondary N) is 2. The Morgan fingerprint density at radius 3 is 2.45 bits per heavy atom. The first-order valence-corrected chi connectivity index (χ1v) is 6.99. The first-order chi connectivity index (χ1) is 9.22. The molecule has 9 heteroatoms. The van der Waals surface area contributed by atoms with Crippen LogP contribution in [0, 0.1) is 25.5 Å². The van der Waals surface area contributed by atoms with Crippen LogP contribution in [-0.4, -0.2) is 18.6 Å². The van der Waals surface area contributed by atoms with E-state index in [2.05, 4.69) is 14.9 Å². The van der Waals surface area contributed by atoms with Gasteiger partial charge in [-0.2, -0.15) is 5.10 Å². The summed E-state index contributed by atoms with van der Waals surface area (Å²) in [7, 11) is -4.23. The molecule has 0 atom stereocenters. The lowest BCUT2D eigenvalue weighted by Gasteiger charge is -2.10. The molecular weight excluding hydrogens is 290 g/mol. The minimum Gasteiger partial charge on any atom is -0.396 e. The van der Waals surface area contributed by atoms with Crippen molar-refractivity contribution in [3.8, 4) is 0 Å². The maximum atomic E-state index is 13.6. The lowest BCUT2D eigenvalue weighted by atomic mass is 10.3. The topological polar surface area (TPSA) is 101 Å². The maximum absolute atomic E-state index is 13.6. The van der Waals surface area contributed by atoms with Crippen LogP contribution in [0.5, 0.6) is 0 Å². The summed E-state index contributed by atoms with van der Waals surface area (Å²) in [5.41, 5.74) is 5.91. The molecule has 0 aliphatic carbocycles. The Bertz CT molecular complexity index is 751. The van der Waals surface area contributed by atoms with Crippen LogP contribution in [0.3, 0.4) is 0 Å². The Balaban J connectivity index is 2.49. The van der Waals surface area contributed by atoms with Crippen molar-refractivity contribution >= 4 is 21.4 Å². The van der Waals surface area contributed by atoms with Crippen LogP contribution >= 0.6 is 0 Å². The van der Waals surface area contributed by atoms with Crippen molar-refractivity contribution in [2.24, 2.45) is 0 Å². The number of halogens is 2. The minimum absolute atomic E-state index is 0.215. The molecule has 0 aliphatic heterocycles. The molecule has 0 spiro atoms. The maximum Gasteiger partial charge on any atom is 0.265 e. The summed E-state index contributed by atoms with van der Waals surface area (Å²) in [5, 5.41) is 6.41. The van der Waals surface area contributed by atoms with Crippen molar-refractivity contribution in [1.82, 2.24) is 10.2 Å². The van der Waals surface area contributed by atoms with Gasteiger partial charge in [0, 0.05) is 6.07 Å². The van der Waals surface area contributed by atoms with Crippen molar-refractivity contribution in [3.63, 3.8) is 0 Å². The quantitative estimate of drug-likeness (QED) is 0.751. The van der Waals surface area contributed by atoms with Gasteiger partial charge < -0.3 is 5.73 Å². The highest BCUT2D eigenvalue weighted by atomic mass is 32.2. The highest BCUT2D eigenvalue weighted by molar-refractivity contribution is 7.92. The number of aryl methyl sites for hydroxylation is 2. The fraction of sp³-hybridized carbons (Fsp3) is 0.182. The highest BCUT2D eigenvalue weighted by Gasteiger charge is 2.23. The van der Waals surface area contributed by atoms with Gasteiger partial charge >= 0.3 is 0 Å². The molecule has 108 valence electrons. The van der Waals surface area contributed by atoms with E-state index in [0.29, 0.717) is 17.5 Å². The SMILES string of the molecule is Cc1n[nH]c(C)c1NS(=O)(=O)c1cc(N)c(F)cc1F. The van der Waals surface area contributed by atoms with Gasteiger partial charge in [-0.15, -0.1) is 0 Å². The Hall–Kier alpha value is -2.16. The van der Waals surface area contributed by atoms with Gasteiger partial charge in [0.1, 0.15) is 16.5 Å². The molecule has 0 amide bonds. The molecule has 20 heavy (non-hydrogen) atoms. The van der Waals surface area contributed by atoms with Crippen molar-refractivity contribution in [1.29, 1.82) is 0 Å². The van der Waals surface area contributed by atoms with Gasteiger partial charge in [-0.25, -0.2) is 17.2 Å². The number of aromatic nitrogens is 2. The van der Waals surface area contributed by atoms with E-state index in [4.69, 9.17) is 5.73 Å².